The van der Waals surface area contributed by atoms with Crippen molar-refractivity contribution in [2.24, 2.45) is 5.92 Å². The third-order valence-corrected chi connectivity index (χ3v) is 5.50. The molecule has 1 aliphatic rings. The Labute approximate surface area is 96.6 Å². The highest BCUT2D eigenvalue weighted by Gasteiger charge is 2.26. The molecule has 0 spiro atoms. The molecular formula is C9H10Cl2S2. The monoisotopic (exact) mass is 252 g/mol. The summed E-state index contributed by atoms with van der Waals surface area (Å²) in [5.41, 5.74) is 1.27. The van der Waals surface area contributed by atoms with Gasteiger partial charge in [0, 0.05) is 11.1 Å². The van der Waals surface area contributed by atoms with Crippen molar-refractivity contribution in [3.05, 3.63) is 21.3 Å². The quantitative estimate of drug-likeness (QED) is 0.720. The van der Waals surface area contributed by atoms with Crippen LogP contribution in [0.1, 0.15) is 5.56 Å². The first-order chi connectivity index (χ1) is 6.27. The Hall–Kier alpha value is 0.630. The zero-order valence-corrected chi connectivity index (χ0v) is 10.1. The van der Waals surface area contributed by atoms with Crippen LogP contribution in [-0.2, 0) is 6.42 Å². The summed E-state index contributed by atoms with van der Waals surface area (Å²) in [4.78, 5) is 0. The van der Waals surface area contributed by atoms with E-state index in [2.05, 4.69) is 6.07 Å². The fraction of sp³-hybridized carbons (Fsp3) is 0.556. The Bertz CT molecular complexity index is 285. The van der Waals surface area contributed by atoms with Crippen LogP contribution in [-0.4, -0.2) is 16.9 Å². The molecular weight excluding hydrogens is 243 g/mol. The van der Waals surface area contributed by atoms with Gasteiger partial charge < -0.3 is 0 Å². The topological polar surface area (TPSA) is 0 Å². The number of rotatable bonds is 2. The average molecular weight is 253 g/mol. The molecule has 1 aromatic heterocycles. The molecule has 1 fully saturated rings. The van der Waals surface area contributed by atoms with Crippen molar-refractivity contribution in [3.8, 4) is 0 Å². The lowest BCUT2D eigenvalue weighted by atomic mass is 10.0. The summed E-state index contributed by atoms with van der Waals surface area (Å²) in [6.07, 6.45) is 1.05. The highest BCUT2D eigenvalue weighted by molar-refractivity contribution is 7.99. The van der Waals surface area contributed by atoms with Gasteiger partial charge in [0.05, 0.1) is 4.34 Å². The third kappa shape index (κ3) is 2.35. The van der Waals surface area contributed by atoms with Gasteiger partial charge in [0.2, 0.25) is 0 Å². The smallest absolute Gasteiger partial charge is 0.0960 e. The van der Waals surface area contributed by atoms with Gasteiger partial charge in [-0.3, -0.25) is 0 Å². The molecule has 72 valence electrons. The minimum absolute atomic E-state index is 0.334. The van der Waals surface area contributed by atoms with Crippen LogP contribution in [0.25, 0.3) is 0 Å². The number of thioether (sulfide) groups is 1. The number of hydrogen-bond donors (Lipinski definition) is 0. The molecule has 0 saturated carbocycles. The standard InChI is InChI=1S/C9H10Cl2S2/c10-8-5-12-4-7(8)3-6-1-2-13-9(6)11/h1-2,7-8H,3-5H2. The SMILES string of the molecule is Clc1sccc1CC1CSCC1Cl. The minimum atomic E-state index is 0.334. The fourth-order valence-electron chi connectivity index (χ4n) is 1.51. The molecule has 1 aromatic rings. The van der Waals surface area contributed by atoms with E-state index in [9.17, 15) is 0 Å². The molecule has 0 amide bonds. The predicted molar refractivity (Wildman–Crippen MR) is 63.5 cm³/mol. The minimum Gasteiger partial charge on any atom is -0.160 e. The van der Waals surface area contributed by atoms with Crippen LogP contribution in [0, 0.1) is 5.92 Å². The Kier molecular flexibility index (Phi) is 3.46. The van der Waals surface area contributed by atoms with Gasteiger partial charge >= 0.3 is 0 Å². The van der Waals surface area contributed by atoms with E-state index in [-0.39, 0.29) is 0 Å². The van der Waals surface area contributed by atoms with E-state index in [1.807, 2.05) is 17.1 Å². The average Bonchev–Trinajstić information content (AvgIpc) is 2.65. The van der Waals surface area contributed by atoms with Gasteiger partial charge in [0.15, 0.2) is 0 Å². The van der Waals surface area contributed by atoms with E-state index in [4.69, 9.17) is 23.2 Å². The van der Waals surface area contributed by atoms with Crippen molar-refractivity contribution >= 4 is 46.3 Å². The van der Waals surface area contributed by atoms with Gasteiger partial charge in [-0.1, -0.05) is 11.6 Å². The Morgan fingerprint density at radius 1 is 1.46 bits per heavy atom. The van der Waals surface area contributed by atoms with Crippen molar-refractivity contribution in [2.75, 3.05) is 11.5 Å². The van der Waals surface area contributed by atoms with Crippen LogP contribution >= 0.6 is 46.3 Å². The Morgan fingerprint density at radius 3 is 2.85 bits per heavy atom. The zero-order chi connectivity index (χ0) is 9.26. The Balaban J connectivity index is 2.01. The molecule has 2 heterocycles. The van der Waals surface area contributed by atoms with Crippen LogP contribution in [0.3, 0.4) is 0 Å². The number of alkyl halides is 1. The summed E-state index contributed by atoms with van der Waals surface area (Å²) in [7, 11) is 0. The van der Waals surface area contributed by atoms with Crippen LogP contribution in [0.15, 0.2) is 11.4 Å². The fourth-order valence-corrected chi connectivity index (χ4v) is 4.29. The zero-order valence-electron chi connectivity index (χ0n) is 7.00. The molecule has 1 aliphatic heterocycles. The molecule has 0 N–H and O–H groups in total. The molecule has 0 bridgehead atoms. The van der Waals surface area contributed by atoms with Crippen molar-refractivity contribution in [1.82, 2.24) is 0 Å². The highest BCUT2D eigenvalue weighted by atomic mass is 35.5. The summed E-state index contributed by atoms with van der Waals surface area (Å²) < 4.78 is 0.931. The van der Waals surface area contributed by atoms with Crippen LogP contribution in [0.5, 0.6) is 0 Å². The normalized spacial score (nSPS) is 28.2. The lowest BCUT2D eigenvalue weighted by Crippen LogP contribution is -2.14. The van der Waals surface area contributed by atoms with E-state index in [1.54, 1.807) is 11.3 Å². The van der Waals surface area contributed by atoms with E-state index < -0.39 is 0 Å². The van der Waals surface area contributed by atoms with E-state index in [0.29, 0.717) is 11.3 Å². The maximum absolute atomic E-state index is 6.19. The second kappa shape index (κ2) is 4.43. The molecule has 0 radical (unpaired) electrons. The summed E-state index contributed by atoms with van der Waals surface area (Å²) in [5, 5.41) is 2.38. The first-order valence-corrected chi connectivity index (χ1v) is 7.06. The van der Waals surface area contributed by atoms with Gasteiger partial charge in [-0.05, 0) is 35.1 Å². The number of halogens is 2. The van der Waals surface area contributed by atoms with Gasteiger partial charge in [-0.2, -0.15) is 11.8 Å². The van der Waals surface area contributed by atoms with E-state index >= 15 is 0 Å². The molecule has 0 aliphatic carbocycles. The van der Waals surface area contributed by atoms with Gasteiger partial charge in [0.25, 0.3) is 0 Å². The lowest BCUT2D eigenvalue weighted by Gasteiger charge is -2.11. The predicted octanol–water partition coefficient (Wildman–Crippen LogP) is 3.91. The summed E-state index contributed by atoms with van der Waals surface area (Å²) >= 11 is 15.8. The second-order valence-corrected chi connectivity index (χ2v) is 6.39. The van der Waals surface area contributed by atoms with Crippen LogP contribution < -0.4 is 0 Å². The van der Waals surface area contributed by atoms with E-state index in [1.165, 1.54) is 11.3 Å². The van der Waals surface area contributed by atoms with Gasteiger partial charge in [-0.25, -0.2) is 0 Å². The molecule has 2 unspecified atom stereocenters. The van der Waals surface area contributed by atoms with Crippen molar-refractivity contribution < 1.29 is 0 Å². The maximum Gasteiger partial charge on any atom is 0.0960 e. The maximum atomic E-state index is 6.19. The summed E-state index contributed by atoms with van der Waals surface area (Å²) in [6.45, 7) is 0. The third-order valence-electron chi connectivity index (χ3n) is 2.30. The first kappa shape index (κ1) is 10.2. The summed E-state index contributed by atoms with van der Waals surface area (Å²) in [5.74, 6) is 2.88. The first-order valence-electron chi connectivity index (χ1n) is 4.21. The van der Waals surface area contributed by atoms with E-state index in [0.717, 1.165) is 16.5 Å². The lowest BCUT2D eigenvalue weighted by molar-refractivity contribution is 0.604. The molecule has 4 heteroatoms. The van der Waals surface area contributed by atoms with Crippen molar-refractivity contribution in [3.63, 3.8) is 0 Å². The van der Waals surface area contributed by atoms with Crippen molar-refractivity contribution in [2.45, 2.75) is 11.8 Å². The molecule has 13 heavy (non-hydrogen) atoms. The molecule has 2 rings (SSSR count). The second-order valence-electron chi connectivity index (χ2n) is 3.24. The molecule has 1 saturated heterocycles. The van der Waals surface area contributed by atoms with Gasteiger partial charge in [0.1, 0.15) is 0 Å². The number of thiophene rings is 1. The molecule has 0 aromatic carbocycles. The summed E-state index contributed by atoms with van der Waals surface area (Å²) in [6, 6.07) is 2.11. The number of hydrogen-bond acceptors (Lipinski definition) is 2. The van der Waals surface area contributed by atoms with Crippen LogP contribution in [0.4, 0.5) is 0 Å². The van der Waals surface area contributed by atoms with Crippen molar-refractivity contribution in [1.29, 1.82) is 0 Å². The molecule has 2 atom stereocenters. The largest absolute Gasteiger partial charge is 0.160 e. The van der Waals surface area contributed by atoms with Crippen LogP contribution in [0.2, 0.25) is 4.34 Å². The molecule has 0 nitrogen and oxygen atoms in total. The highest BCUT2D eigenvalue weighted by Crippen LogP contribution is 2.34. The Morgan fingerprint density at radius 2 is 2.31 bits per heavy atom. The van der Waals surface area contributed by atoms with Gasteiger partial charge in [-0.15, -0.1) is 22.9 Å².